The van der Waals surface area contributed by atoms with Crippen LogP contribution < -0.4 is 5.69 Å². The number of likely N-dealkylation sites (tertiary alicyclic amines) is 2. The van der Waals surface area contributed by atoms with Crippen LogP contribution >= 0.6 is 0 Å². The fourth-order valence-electron chi connectivity index (χ4n) is 6.76. The molecule has 0 bridgehead atoms. The zero-order chi connectivity index (χ0) is 28.7. The summed E-state index contributed by atoms with van der Waals surface area (Å²) >= 11 is 0. The number of piperidine rings is 2. The predicted octanol–water partition coefficient (Wildman–Crippen LogP) is 4.91. The number of rotatable bonds is 7. The molecule has 0 aliphatic carbocycles. The zero-order valence-corrected chi connectivity index (χ0v) is 24.4. The van der Waals surface area contributed by atoms with E-state index in [4.69, 9.17) is 0 Å². The van der Waals surface area contributed by atoms with Gasteiger partial charge in [0.25, 0.3) is 0 Å². The Hall–Kier alpha value is -3.56. The number of hydrogen-bond acceptors (Lipinski definition) is 6. The molecule has 2 saturated heterocycles. The number of H-pyrrole nitrogens is 1. The number of phenols is 2. The second-order valence-corrected chi connectivity index (χ2v) is 12.3. The Balaban J connectivity index is 1.16. The second kappa shape index (κ2) is 11.4. The maximum atomic E-state index is 12.9. The Morgan fingerprint density at radius 1 is 0.976 bits per heavy atom. The quantitative estimate of drug-likeness (QED) is 0.298. The summed E-state index contributed by atoms with van der Waals surface area (Å²) in [6.45, 7) is 9.82. The van der Waals surface area contributed by atoms with Gasteiger partial charge in [0.1, 0.15) is 11.5 Å². The molecule has 9 nitrogen and oxygen atoms in total. The van der Waals surface area contributed by atoms with Gasteiger partial charge in [-0.1, -0.05) is 13.8 Å². The van der Waals surface area contributed by atoms with Gasteiger partial charge in [0.05, 0.1) is 11.3 Å². The zero-order valence-electron chi connectivity index (χ0n) is 24.4. The molecule has 2 aliphatic rings. The summed E-state index contributed by atoms with van der Waals surface area (Å²) in [4.78, 5) is 18.1. The minimum atomic E-state index is -0.385. The van der Waals surface area contributed by atoms with Gasteiger partial charge in [-0.05, 0) is 113 Å². The normalized spacial score (nSPS) is 18.1. The number of benzene rings is 2. The fraction of sp³-hybridized carbons (Fsp3) is 0.500. The lowest BCUT2D eigenvalue weighted by molar-refractivity contribution is 0.0830. The molecule has 2 aromatic carbocycles. The number of aryl methyl sites for hydroxylation is 1. The van der Waals surface area contributed by atoms with Crippen LogP contribution in [0.3, 0.4) is 0 Å². The monoisotopic (exact) mass is 558 g/mol. The molecule has 0 atom stereocenters. The van der Waals surface area contributed by atoms with Crippen molar-refractivity contribution in [1.82, 2.24) is 29.1 Å². The van der Waals surface area contributed by atoms with E-state index in [9.17, 15) is 15.0 Å². The molecule has 0 unspecified atom stereocenters. The average Bonchev–Trinajstić information content (AvgIpc) is 3.55. The summed E-state index contributed by atoms with van der Waals surface area (Å²) in [7, 11) is 2.23. The molecule has 3 N–H and O–H groups in total. The van der Waals surface area contributed by atoms with Crippen LogP contribution in [0.15, 0.2) is 47.4 Å². The van der Waals surface area contributed by atoms with Crippen LogP contribution in [-0.4, -0.2) is 78.6 Å². The first kappa shape index (κ1) is 27.6. The minimum Gasteiger partial charge on any atom is -0.508 e. The van der Waals surface area contributed by atoms with Crippen LogP contribution in [0.1, 0.15) is 57.4 Å². The maximum Gasteiger partial charge on any atom is 0.348 e. The number of nitrogens with zero attached hydrogens (tertiary/aromatic N) is 5. The number of aromatic hydroxyl groups is 2. The van der Waals surface area contributed by atoms with Gasteiger partial charge in [-0.3, -0.25) is 0 Å². The van der Waals surface area contributed by atoms with Crippen LogP contribution in [-0.2, 0) is 6.54 Å². The number of fused-ring (bicyclic) bond motifs is 1. The molecule has 4 heterocycles. The van der Waals surface area contributed by atoms with Gasteiger partial charge in [0, 0.05) is 35.8 Å². The van der Waals surface area contributed by atoms with E-state index in [1.54, 1.807) is 6.07 Å². The Morgan fingerprint density at radius 2 is 1.73 bits per heavy atom. The summed E-state index contributed by atoms with van der Waals surface area (Å²) in [6, 6.07) is 11.9. The van der Waals surface area contributed by atoms with Gasteiger partial charge >= 0.3 is 5.69 Å². The first-order valence-corrected chi connectivity index (χ1v) is 15.0. The predicted molar refractivity (Wildman–Crippen MR) is 162 cm³/mol. The number of hydrogen-bond donors (Lipinski definition) is 3. The van der Waals surface area contributed by atoms with E-state index < -0.39 is 0 Å². The largest absolute Gasteiger partial charge is 0.508 e. The van der Waals surface area contributed by atoms with Crippen molar-refractivity contribution >= 4 is 10.9 Å². The van der Waals surface area contributed by atoms with Crippen LogP contribution in [0.2, 0.25) is 0 Å². The SMILES string of the molecule is CC(C)c1cc(-c2n[nH]c(=O)n2-c2ccc3c(ccn3CCC3CCN(C4CCN(C)CC4)CC3)c2)c(O)cc1O. The van der Waals surface area contributed by atoms with Crippen molar-refractivity contribution in [3.8, 4) is 28.6 Å². The molecule has 0 saturated carbocycles. The van der Waals surface area contributed by atoms with Gasteiger partial charge in [-0.25, -0.2) is 14.5 Å². The third kappa shape index (κ3) is 5.53. The molecule has 4 aromatic rings. The van der Waals surface area contributed by atoms with Crippen LogP contribution in [0.25, 0.3) is 28.0 Å². The molecule has 2 aromatic heterocycles. The van der Waals surface area contributed by atoms with E-state index in [1.165, 1.54) is 68.9 Å². The number of aromatic amines is 1. The first-order chi connectivity index (χ1) is 19.8. The van der Waals surface area contributed by atoms with Crippen molar-refractivity contribution in [3.63, 3.8) is 0 Å². The molecule has 6 rings (SSSR count). The lowest BCUT2D eigenvalue weighted by atomic mass is 9.91. The Morgan fingerprint density at radius 3 is 2.46 bits per heavy atom. The molecule has 2 fully saturated rings. The summed E-state index contributed by atoms with van der Waals surface area (Å²) in [5, 5.41) is 28.7. The van der Waals surface area contributed by atoms with Crippen molar-refractivity contribution in [2.75, 3.05) is 33.2 Å². The highest BCUT2D eigenvalue weighted by atomic mass is 16.3. The smallest absolute Gasteiger partial charge is 0.348 e. The molecule has 0 radical (unpaired) electrons. The van der Waals surface area contributed by atoms with E-state index in [-0.39, 0.29) is 23.1 Å². The first-order valence-electron chi connectivity index (χ1n) is 15.0. The third-order valence-corrected chi connectivity index (χ3v) is 9.32. The minimum absolute atomic E-state index is 0.0243. The van der Waals surface area contributed by atoms with Crippen molar-refractivity contribution in [1.29, 1.82) is 0 Å². The topological polar surface area (TPSA) is 103 Å². The van der Waals surface area contributed by atoms with Gasteiger partial charge in [-0.2, -0.15) is 5.10 Å². The van der Waals surface area contributed by atoms with Gasteiger partial charge in [-0.15, -0.1) is 0 Å². The van der Waals surface area contributed by atoms with E-state index in [2.05, 4.69) is 49.9 Å². The van der Waals surface area contributed by atoms with Crippen molar-refractivity contribution in [2.24, 2.45) is 5.92 Å². The molecular weight excluding hydrogens is 516 g/mol. The Bertz CT molecular complexity index is 1570. The standard InChI is InChI=1S/C32H42N6O3/c1-21(2)26-19-27(30(40)20-29(26)39)31-33-34-32(41)38(31)25-4-5-28-23(18-25)9-17-37(28)16-8-22-6-14-36(15-7-22)24-10-12-35(3)13-11-24/h4-5,9,17-22,24,39-40H,6-8,10-16H2,1-3H3,(H,34,41). The number of phenolic OH excluding ortho intramolecular Hbond substituents is 2. The van der Waals surface area contributed by atoms with Gasteiger partial charge < -0.3 is 24.6 Å². The molecule has 0 amide bonds. The Labute approximate surface area is 241 Å². The van der Waals surface area contributed by atoms with Crippen molar-refractivity contribution < 1.29 is 10.2 Å². The molecule has 2 aliphatic heterocycles. The van der Waals surface area contributed by atoms with Crippen molar-refractivity contribution in [2.45, 2.75) is 64.5 Å². The maximum absolute atomic E-state index is 12.9. The fourth-order valence-corrected chi connectivity index (χ4v) is 6.76. The van der Waals surface area contributed by atoms with E-state index >= 15 is 0 Å². The Kier molecular flexibility index (Phi) is 7.66. The summed E-state index contributed by atoms with van der Waals surface area (Å²) < 4.78 is 3.80. The number of nitrogens with one attached hydrogen (secondary N) is 1. The van der Waals surface area contributed by atoms with E-state index in [1.807, 2.05) is 26.0 Å². The molecule has 9 heteroatoms. The number of aromatic nitrogens is 4. The lowest BCUT2D eigenvalue weighted by Crippen LogP contribution is -2.46. The van der Waals surface area contributed by atoms with Crippen LogP contribution in [0.4, 0.5) is 0 Å². The average molecular weight is 559 g/mol. The lowest BCUT2D eigenvalue weighted by Gasteiger charge is -2.41. The summed E-state index contributed by atoms with van der Waals surface area (Å²) in [5.41, 5.74) is 2.50. The highest BCUT2D eigenvalue weighted by Crippen LogP contribution is 2.37. The molecule has 0 spiro atoms. The second-order valence-electron chi connectivity index (χ2n) is 12.3. The molecule has 41 heavy (non-hydrogen) atoms. The third-order valence-electron chi connectivity index (χ3n) is 9.32. The molecular formula is C32H42N6O3. The highest BCUT2D eigenvalue weighted by molar-refractivity contribution is 5.83. The molecule has 218 valence electrons. The highest BCUT2D eigenvalue weighted by Gasteiger charge is 2.27. The van der Waals surface area contributed by atoms with Gasteiger partial charge in [0.15, 0.2) is 5.82 Å². The summed E-state index contributed by atoms with van der Waals surface area (Å²) in [5.74, 6) is 0.999. The van der Waals surface area contributed by atoms with Crippen molar-refractivity contribution in [3.05, 3.63) is 58.6 Å². The van der Waals surface area contributed by atoms with E-state index in [0.717, 1.165) is 29.4 Å². The van der Waals surface area contributed by atoms with Crippen LogP contribution in [0, 0.1) is 5.92 Å². The van der Waals surface area contributed by atoms with Gasteiger partial charge in [0.2, 0.25) is 0 Å². The summed E-state index contributed by atoms with van der Waals surface area (Å²) in [6.07, 6.45) is 8.49. The van der Waals surface area contributed by atoms with Crippen LogP contribution in [0.5, 0.6) is 11.5 Å². The van der Waals surface area contributed by atoms with E-state index in [0.29, 0.717) is 22.6 Å².